The van der Waals surface area contributed by atoms with Crippen molar-refractivity contribution in [1.29, 1.82) is 0 Å². The smallest absolute Gasteiger partial charge is 0.264 e. The Balaban J connectivity index is 1.62. The highest BCUT2D eigenvalue weighted by atomic mass is 32.2. The van der Waals surface area contributed by atoms with Gasteiger partial charge in [0, 0.05) is 17.8 Å². The quantitative estimate of drug-likeness (QED) is 0.675. The molecule has 5 aliphatic carbocycles. The third kappa shape index (κ3) is 2.41. The summed E-state index contributed by atoms with van der Waals surface area (Å²) < 4.78 is 29.8. The maximum absolute atomic E-state index is 13.0. The Labute approximate surface area is 161 Å². The average molecular weight is 393 g/mol. The molecule has 0 spiro atoms. The highest BCUT2D eigenvalue weighted by Gasteiger charge is 2.72. The molecule has 148 valence electrons. The van der Waals surface area contributed by atoms with Crippen molar-refractivity contribution in [3.63, 3.8) is 0 Å². The molecular formula is C21H28O5S. The van der Waals surface area contributed by atoms with Crippen LogP contribution in [0.3, 0.4) is 0 Å². The van der Waals surface area contributed by atoms with Crippen LogP contribution in [0.5, 0.6) is 0 Å². The molecule has 5 rings (SSSR count). The first-order valence-corrected chi connectivity index (χ1v) is 12.0. The number of ketones is 2. The number of allylic oxidation sites excluding steroid dienone is 1. The zero-order chi connectivity index (χ0) is 19.4. The zero-order valence-electron chi connectivity index (χ0n) is 16.2. The third-order valence-corrected chi connectivity index (χ3v) is 9.22. The number of rotatable bonds is 2. The molecule has 0 aromatic carbocycles. The molecule has 8 atom stereocenters. The van der Waals surface area contributed by atoms with Crippen molar-refractivity contribution in [2.24, 2.45) is 40.4 Å². The first-order chi connectivity index (χ1) is 12.5. The highest BCUT2D eigenvalue weighted by Crippen LogP contribution is 2.72. The van der Waals surface area contributed by atoms with Crippen molar-refractivity contribution in [3.8, 4) is 0 Å². The molecule has 4 saturated carbocycles. The van der Waals surface area contributed by atoms with Gasteiger partial charge in [-0.3, -0.25) is 13.8 Å². The van der Waals surface area contributed by atoms with Crippen molar-refractivity contribution >= 4 is 21.7 Å². The van der Waals surface area contributed by atoms with Gasteiger partial charge in [-0.2, -0.15) is 8.42 Å². The Bertz CT molecular complexity index is 873. The summed E-state index contributed by atoms with van der Waals surface area (Å²) in [5.74, 6) is 1.89. The number of hydrogen-bond acceptors (Lipinski definition) is 5. The van der Waals surface area contributed by atoms with Gasteiger partial charge in [-0.05, 0) is 67.3 Å². The molecule has 0 bridgehead atoms. The summed E-state index contributed by atoms with van der Waals surface area (Å²) in [7, 11) is -3.62. The largest absolute Gasteiger partial charge is 0.299 e. The van der Waals surface area contributed by atoms with Gasteiger partial charge in [0.25, 0.3) is 10.1 Å². The Morgan fingerprint density at radius 2 is 1.81 bits per heavy atom. The van der Waals surface area contributed by atoms with Crippen LogP contribution in [0, 0.1) is 40.4 Å². The molecule has 0 aromatic heterocycles. The van der Waals surface area contributed by atoms with Gasteiger partial charge < -0.3 is 0 Å². The molecule has 5 nitrogen and oxygen atoms in total. The van der Waals surface area contributed by atoms with E-state index in [1.54, 1.807) is 0 Å². The van der Waals surface area contributed by atoms with Crippen molar-refractivity contribution in [2.75, 3.05) is 6.26 Å². The van der Waals surface area contributed by atoms with Crippen LogP contribution >= 0.6 is 0 Å². The molecule has 0 amide bonds. The second-order valence-electron chi connectivity index (χ2n) is 10.1. The molecule has 0 N–H and O–H groups in total. The summed E-state index contributed by atoms with van der Waals surface area (Å²) in [5.41, 5.74) is 0.512. The van der Waals surface area contributed by atoms with Crippen molar-refractivity contribution in [3.05, 3.63) is 11.6 Å². The van der Waals surface area contributed by atoms with Gasteiger partial charge in [-0.15, -0.1) is 0 Å². The maximum atomic E-state index is 13.0. The van der Waals surface area contributed by atoms with E-state index in [0.29, 0.717) is 36.4 Å². The Kier molecular flexibility index (Phi) is 3.56. The minimum Gasteiger partial charge on any atom is -0.299 e. The Morgan fingerprint density at radius 3 is 2.52 bits per heavy atom. The summed E-state index contributed by atoms with van der Waals surface area (Å²) in [4.78, 5) is 25.1. The van der Waals surface area contributed by atoms with Crippen LogP contribution in [0.2, 0.25) is 0 Å². The molecule has 6 heteroatoms. The van der Waals surface area contributed by atoms with E-state index in [4.69, 9.17) is 4.18 Å². The summed E-state index contributed by atoms with van der Waals surface area (Å²) in [6.45, 7) is 4.25. The van der Waals surface area contributed by atoms with E-state index in [0.717, 1.165) is 31.9 Å². The van der Waals surface area contributed by atoms with Crippen LogP contribution in [-0.4, -0.2) is 32.3 Å². The fraction of sp³-hybridized carbons (Fsp3) is 0.810. The van der Waals surface area contributed by atoms with E-state index in [1.807, 2.05) is 6.08 Å². The summed E-state index contributed by atoms with van der Waals surface area (Å²) in [6, 6.07) is 0. The van der Waals surface area contributed by atoms with E-state index in [9.17, 15) is 18.0 Å². The number of hydrogen-bond donors (Lipinski definition) is 0. The maximum Gasteiger partial charge on any atom is 0.264 e. The lowest BCUT2D eigenvalue weighted by molar-refractivity contribution is -0.148. The predicted molar refractivity (Wildman–Crippen MR) is 99.2 cm³/mol. The molecule has 0 aliphatic heterocycles. The van der Waals surface area contributed by atoms with Crippen LogP contribution in [0.1, 0.15) is 52.4 Å². The van der Waals surface area contributed by atoms with Crippen LogP contribution in [0.25, 0.3) is 0 Å². The molecule has 0 aromatic rings. The van der Waals surface area contributed by atoms with Crippen molar-refractivity contribution in [1.82, 2.24) is 0 Å². The first-order valence-electron chi connectivity index (χ1n) is 10.2. The number of carbonyl (C=O) groups is 2. The zero-order valence-corrected chi connectivity index (χ0v) is 17.1. The summed E-state index contributed by atoms with van der Waals surface area (Å²) >= 11 is 0. The highest BCUT2D eigenvalue weighted by molar-refractivity contribution is 7.86. The van der Waals surface area contributed by atoms with Gasteiger partial charge in [0.05, 0.1) is 12.4 Å². The third-order valence-electron chi connectivity index (χ3n) is 8.63. The Morgan fingerprint density at radius 1 is 1.07 bits per heavy atom. The standard InChI is InChI=1S/C21H28O5S/c1-20-7-6-12(22)8-11(20)4-5-13-17-14-9-15(14)19(23)21(17,2)10-16(18(13)20)26-27(3,24)25/h8,13-18H,4-7,9-10H2,1-3H3/t13?,14-,15+,16-,17?,18?,20+,21+/m1/s1. The van der Waals surface area contributed by atoms with Gasteiger partial charge in [-0.25, -0.2) is 0 Å². The molecule has 0 heterocycles. The van der Waals surface area contributed by atoms with Gasteiger partial charge >= 0.3 is 0 Å². The SMILES string of the molecule is C[C@]12CCC(=O)C=C1CCC1C2[C@H](OS(C)(=O)=O)C[C@]2(C)C(=O)[C@H]3C[C@H]3C12. The second kappa shape index (κ2) is 5.32. The topological polar surface area (TPSA) is 77.5 Å². The molecule has 0 radical (unpaired) electrons. The van der Waals surface area contributed by atoms with E-state index >= 15 is 0 Å². The van der Waals surface area contributed by atoms with Crippen LogP contribution in [0.4, 0.5) is 0 Å². The number of carbonyl (C=O) groups excluding carboxylic acids is 2. The minimum atomic E-state index is -3.62. The Hall–Kier alpha value is -1.01. The van der Waals surface area contributed by atoms with Gasteiger partial charge in [0.2, 0.25) is 0 Å². The van der Waals surface area contributed by atoms with E-state index in [-0.39, 0.29) is 23.0 Å². The minimum absolute atomic E-state index is 0.0607. The molecule has 27 heavy (non-hydrogen) atoms. The summed E-state index contributed by atoms with van der Waals surface area (Å²) in [6.07, 6.45) is 7.03. The van der Waals surface area contributed by atoms with Crippen LogP contribution in [0.15, 0.2) is 11.6 Å². The van der Waals surface area contributed by atoms with Gasteiger partial charge in [0.1, 0.15) is 5.78 Å². The fourth-order valence-electron chi connectivity index (χ4n) is 7.64. The molecule has 4 fully saturated rings. The number of fused-ring (bicyclic) bond motifs is 7. The van der Waals surface area contributed by atoms with E-state index in [2.05, 4.69) is 13.8 Å². The monoisotopic (exact) mass is 392 g/mol. The molecule has 5 aliphatic rings. The van der Waals surface area contributed by atoms with Gasteiger partial charge in [0.15, 0.2) is 5.78 Å². The first kappa shape index (κ1) is 18.0. The lowest BCUT2D eigenvalue weighted by atomic mass is 9.46. The van der Waals surface area contributed by atoms with E-state index < -0.39 is 21.6 Å². The second-order valence-corrected chi connectivity index (χ2v) is 11.7. The summed E-state index contributed by atoms with van der Waals surface area (Å²) in [5, 5.41) is 0. The normalized spacial score (nSPS) is 51.0. The van der Waals surface area contributed by atoms with Crippen LogP contribution < -0.4 is 0 Å². The van der Waals surface area contributed by atoms with Crippen molar-refractivity contribution < 1.29 is 22.2 Å². The predicted octanol–water partition coefficient (Wildman–Crippen LogP) is 2.90. The van der Waals surface area contributed by atoms with Crippen molar-refractivity contribution in [2.45, 2.75) is 58.5 Å². The van der Waals surface area contributed by atoms with E-state index in [1.165, 1.54) is 5.57 Å². The van der Waals surface area contributed by atoms with Crippen LogP contribution in [-0.2, 0) is 23.9 Å². The average Bonchev–Trinajstić information content (AvgIpc) is 3.28. The number of Topliss-reactive ketones (excluding diaryl/α,β-unsaturated/α-hetero) is 1. The molecule has 3 unspecified atom stereocenters. The van der Waals surface area contributed by atoms with Gasteiger partial charge in [-0.1, -0.05) is 19.4 Å². The molecular weight excluding hydrogens is 364 g/mol. The molecule has 0 saturated heterocycles. The lowest BCUT2D eigenvalue weighted by Gasteiger charge is -2.59. The lowest BCUT2D eigenvalue weighted by Crippen LogP contribution is -2.58. The fourth-order valence-corrected chi connectivity index (χ4v) is 8.28.